The summed E-state index contributed by atoms with van der Waals surface area (Å²) in [6.07, 6.45) is 3.86. The Balaban J connectivity index is 1.28. The smallest absolute Gasteiger partial charge is 0.338 e. The Hall–Kier alpha value is -0.910. The van der Waals surface area contributed by atoms with Gasteiger partial charge in [-0.25, -0.2) is 10.1 Å². The van der Waals surface area contributed by atoms with Crippen LogP contribution in [0, 0.1) is 23.2 Å². The molecule has 6 aliphatic rings. The fraction of sp³-hybridized carbons (Fsp3) is 0.895. The first-order valence-electron chi connectivity index (χ1n) is 10.1. The van der Waals surface area contributed by atoms with Gasteiger partial charge < -0.3 is 18.9 Å². The van der Waals surface area contributed by atoms with Crippen molar-refractivity contribution >= 4 is 24.0 Å². The molecule has 0 aromatic carbocycles. The van der Waals surface area contributed by atoms with Crippen molar-refractivity contribution in [2.75, 3.05) is 13.2 Å². The van der Waals surface area contributed by atoms with E-state index in [1.807, 2.05) is 0 Å². The van der Waals surface area contributed by atoms with Crippen molar-refractivity contribution in [2.45, 2.75) is 68.7 Å². The van der Waals surface area contributed by atoms with Crippen LogP contribution in [0.3, 0.4) is 0 Å². The van der Waals surface area contributed by atoms with Crippen LogP contribution in [0.1, 0.15) is 46.0 Å². The highest BCUT2D eigenvalue weighted by Gasteiger charge is 2.69. The number of esters is 2. The van der Waals surface area contributed by atoms with E-state index in [1.165, 1.54) is 0 Å². The molecule has 10 heteroatoms. The Morgan fingerprint density at radius 2 is 1.97 bits per heavy atom. The lowest BCUT2D eigenvalue weighted by molar-refractivity contribution is -0.432. The van der Waals surface area contributed by atoms with Crippen LogP contribution < -0.4 is 0 Å². The fourth-order valence-electron chi connectivity index (χ4n) is 6.35. The summed E-state index contributed by atoms with van der Waals surface area (Å²) < 4.78 is 26.8. The van der Waals surface area contributed by atoms with Gasteiger partial charge in [0, 0.05) is 17.3 Å². The zero-order valence-electron chi connectivity index (χ0n) is 16.5. The molecule has 4 saturated carbocycles. The highest BCUT2D eigenvalue weighted by Crippen LogP contribution is 2.66. The molecule has 0 radical (unpaired) electrons. The number of hydrogen-bond acceptors (Lipinski definition) is 10. The van der Waals surface area contributed by atoms with Gasteiger partial charge in [-0.15, -0.1) is 4.33 Å². The van der Waals surface area contributed by atoms with Crippen LogP contribution in [0.4, 0.5) is 0 Å². The lowest BCUT2D eigenvalue weighted by atomic mass is 9.47. The van der Waals surface area contributed by atoms with Crippen LogP contribution in [-0.4, -0.2) is 53.2 Å². The molecule has 2 saturated heterocycles. The van der Waals surface area contributed by atoms with Crippen molar-refractivity contribution in [2.24, 2.45) is 23.2 Å². The second-order valence-corrected chi connectivity index (χ2v) is 11.0. The molecular weight excluding hydrogens is 404 g/mol. The fourth-order valence-corrected chi connectivity index (χ4v) is 6.67. The van der Waals surface area contributed by atoms with Gasteiger partial charge in [-0.05, 0) is 51.9 Å². The van der Waals surface area contributed by atoms with Crippen LogP contribution in [0.2, 0.25) is 0 Å². The van der Waals surface area contributed by atoms with Gasteiger partial charge in [0.05, 0.1) is 18.6 Å². The SMILES string of the molecule is CC(C)(SOOO)C(=O)OCC12CC3CC(C1)C1(OC4COC(=O)C4O1)C(C3)C2. The second kappa shape index (κ2) is 6.80. The molecule has 162 valence electrons. The monoisotopic (exact) mass is 430 g/mol. The maximum atomic E-state index is 12.5. The summed E-state index contributed by atoms with van der Waals surface area (Å²) in [4.78, 5) is 24.5. The molecule has 2 heterocycles. The lowest BCUT2D eigenvalue weighted by Gasteiger charge is -2.62. The van der Waals surface area contributed by atoms with Crippen LogP contribution in [0.5, 0.6) is 0 Å². The highest BCUT2D eigenvalue weighted by molar-refractivity contribution is 7.96. The third kappa shape index (κ3) is 3.11. The summed E-state index contributed by atoms with van der Waals surface area (Å²) >= 11 is 0.698. The van der Waals surface area contributed by atoms with E-state index < -0.39 is 22.6 Å². The van der Waals surface area contributed by atoms with E-state index in [9.17, 15) is 9.59 Å². The first kappa shape index (κ1) is 20.0. The zero-order chi connectivity index (χ0) is 20.4. The topological polar surface area (TPSA) is 110 Å². The maximum absolute atomic E-state index is 12.5. The first-order valence-corrected chi connectivity index (χ1v) is 10.9. The molecule has 1 spiro atoms. The molecule has 6 rings (SSSR count). The molecule has 4 atom stereocenters. The molecule has 2 aliphatic heterocycles. The number of fused-ring (bicyclic) bond motifs is 1. The van der Waals surface area contributed by atoms with Gasteiger partial charge in [0.25, 0.3) is 0 Å². The van der Waals surface area contributed by atoms with E-state index in [1.54, 1.807) is 13.8 Å². The number of hydrogen-bond donors (Lipinski definition) is 1. The predicted molar refractivity (Wildman–Crippen MR) is 96.9 cm³/mol. The van der Waals surface area contributed by atoms with E-state index in [0.717, 1.165) is 32.1 Å². The van der Waals surface area contributed by atoms with Gasteiger partial charge in [0.2, 0.25) is 0 Å². The van der Waals surface area contributed by atoms with Gasteiger partial charge in [0.1, 0.15) is 17.5 Å². The molecule has 4 unspecified atom stereocenters. The van der Waals surface area contributed by atoms with E-state index in [-0.39, 0.29) is 35.9 Å². The largest absolute Gasteiger partial charge is 0.464 e. The van der Waals surface area contributed by atoms with E-state index in [4.69, 9.17) is 24.2 Å². The molecule has 9 nitrogen and oxygen atoms in total. The van der Waals surface area contributed by atoms with Crippen molar-refractivity contribution in [3.8, 4) is 0 Å². The van der Waals surface area contributed by atoms with E-state index in [2.05, 4.69) is 9.37 Å². The van der Waals surface area contributed by atoms with Crippen molar-refractivity contribution in [3.05, 3.63) is 0 Å². The molecular formula is C19H26O9S. The van der Waals surface area contributed by atoms with Gasteiger partial charge in [-0.3, -0.25) is 4.79 Å². The Morgan fingerprint density at radius 1 is 1.24 bits per heavy atom. The Morgan fingerprint density at radius 3 is 2.62 bits per heavy atom. The standard InChI is InChI=1S/C19H26O9S/c1-17(2,29-28-27-22)16(21)24-9-18-5-10-3-11(6-18)19(12(4-10)7-18)25-13-8-23-15(20)14(13)26-19/h10-14,22H,3-9H2,1-2H3. The number of carbonyl (C=O) groups excluding carboxylic acids is 2. The summed E-state index contributed by atoms with van der Waals surface area (Å²) in [5.41, 5.74) is -0.0859. The highest BCUT2D eigenvalue weighted by atomic mass is 32.2. The normalized spacial score (nSPS) is 44.9. The van der Waals surface area contributed by atoms with Crippen LogP contribution in [0.25, 0.3) is 0 Å². The predicted octanol–water partition coefficient (Wildman–Crippen LogP) is 2.24. The Labute approximate surface area is 172 Å². The minimum atomic E-state index is -1.01. The molecule has 6 fully saturated rings. The van der Waals surface area contributed by atoms with Gasteiger partial charge in [-0.2, -0.15) is 0 Å². The summed E-state index contributed by atoms with van der Waals surface area (Å²) in [5, 5.41) is 11.9. The minimum Gasteiger partial charge on any atom is -0.464 e. The van der Waals surface area contributed by atoms with Gasteiger partial charge in [-0.1, -0.05) is 5.04 Å². The maximum Gasteiger partial charge on any atom is 0.338 e. The Bertz CT molecular complexity index is 694. The van der Waals surface area contributed by atoms with Crippen LogP contribution in [-0.2, 0) is 37.9 Å². The quantitative estimate of drug-likeness (QED) is 0.291. The van der Waals surface area contributed by atoms with Crippen LogP contribution in [0.15, 0.2) is 0 Å². The van der Waals surface area contributed by atoms with Crippen molar-refractivity contribution < 1.29 is 43.2 Å². The second-order valence-electron chi connectivity index (χ2n) is 9.70. The van der Waals surface area contributed by atoms with Crippen LogP contribution >= 0.6 is 12.0 Å². The molecule has 0 aromatic heterocycles. The number of rotatable bonds is 6. The summed E-state index contributed by atoms with van der Waals surface area (Å²) in [5.74, 6) is -0.488. The lowest BCUT2D eigenvalue weighted by Crippen LogP contribution is -2.63. The molecule has 0 amide bonds. The molecule has 4 aliphatic carbocycles. The number of carbonyl (C=O) groups is 2. The third-order valence-corrected chi connectivity index (χ3v) is 8.05. The third-order valence-electron chi connectivity index (χ3n) is 7.33. The number of cyclic esters (lactones) is 1. The van der Waals surface area contributed by atoms with Gasteiger partial charge >= 0.3 is 11.9 Å². The first-order chi connectivity index (χ1) is 13.8. The average Bonchev–Trinajstić information content (AvgIpc) is 3.22. The zero-order valence-corrected chi connectivity index (χ0v) is 17.3. The minimum absolute atomic E-state index is 0.0859. The summed E-state index contributed by atoms with van der Waals surface area (Å²) in [6.45, 7) is 3.89. The average molecular weight is 430 g/mol. The Kier molecular flexibility index (Phi) is 4.69. The summed E-state index contributed by atoms with van der Waals surface area (Å²) in [6, 6.07) is 0. The molecule has 29 heavy (non-hydrogen) atoms. The molecule has 1 N–H and O–H groups in total. The molecule has 4 bridgehead atoms. The molecule has 0 aromatic rings. The van der Waals surface area contributed by atoms with Crippen molar-refractivity contribution in [3.63, 3.8) is 0 Å². The van der Waals surface area contributed by atoms with Gasteiger partial charge in [0.15, 0.2) is 11.9 Å². The number of ether oxygens (including phenoxy) is 4. The van der Waals surface area contributed by atoms with E-state index in [0.29, 0.717) is 24.6 Å². The van der Waals surface area contributed by atoms with E-state index >= 15 is 0 Å². The van der Waals surface area contributed by atoms with Crippen molar-refractivity contribution in [1.82, 2.24) is 0 Å². The van der Waals surface area contributed by atoms with Crippen molar-refractivity contribution in [1.29, 1.82) is 0 Å². The summed E-state index contributed by atoms with van der Waals surface area (Å²) in [7, 11) is 0.